The Balaban J connectivity index is 1.34. The van der Waals surface area contributed by atoms with E-state index in [1.165, 1.54) is 114 Å². The Morgan fingerprint density at radius 1 is 0.318 bits per heavy atom. The molecular weight excluding hydrogens is 797 g/mol. The second-order valence-corrected chi connectivity index (χ2v) is 18.6. The molecule has 10 rings (SSSR count). The van der Waals surface area contributed by atoms with Crippen LogP contribution in [0.1, 0.15) is 72.9 Å². The number of rotatable bonds is 14. The molecule has 10 aromatic carbocycles. The zero-order valence-corrected chi connectivity index (χ0v) is 39.5. The van der Waals surface area contributed by atoms with E-state index in [9.17, 15) is 0 Å². The molecule has 0 radical (unpaired) electrons. The molecule has 0 aromatic heterocycles. The molecule has 0 bridgehead atoms. The van der Waals surface area contributed by atoms with Gasteiger partial charge in [0.05, 0.1) is 11.4 Å². The number of unbranched alkanes of at least 4 members (excludes halogenated alkanes) is 2. The van der Waals surface area contributed by atoms with Crippen molar-refractivity contribution in [2.45, 2.75) is 80.1 Å². The third-order valence-electron chi connectivity index (χ3n) is 13.7. The van der Waals surface area contributed by atoms with Crippen LogP contribution in [0.4, 0.5) is 34.1 Å². The van der Waals surface area contributed by atoms with E-state index in [1.54, 1.807) is 0 Å². The largest absolute Gasteiger partial charge is 0.310 e. The highest BCUT2D eigenvalue weighted by Gasteiger charge is 2.26. The molecule has 0 aliphatic carbocycles. The molecule has 0 heterocycles. The van der Waals surface area contributed by atoms with Gasteiger partial charge < -0.3 is 9.80 Å². The summed E-state index contributed by atoms with van der Waals surface area (Å²) >= 11 is 0. The molecule has 0 aliphatic rings. The Labute approximate surface area is 392 Å². The highest BCUT2D eigenvalue weighted by molar-refractivity contribution is 6.32. The van der Waals surface area contributed by atoms with E-state index in [-0.39, 0.29) is 0 Å². The van der Waals surface area contributed by atoms with Gasteiger partial charge in [-0.1, -0.05) is 170 Å². The first-order valence-electron chi connectivity index (χ1n) is 24.1. The van der Waals surface area contributed by atoms with Gasteiger partial charge in [0.15, 0.2) is 0 Å². The number of aryl methyl sites for hydroxylation is 6. The lowest BCUT2D eigenvalue weighted by atomic mass is 9.85. The third kappa shape index (κ3) is 8.22. The molecule has 0 spiro atoms. The lowest BCUT2D eigenvalue weighted by Gasteiger charge is -2.31. The van der Waals surface area contributed by atoms with Crippen LogP contribution in [0.2, 0.25) is 0 Å². The van der Waals surface area contributed by atoms with E-state index in [1.807, 2.05) is 0 Å². The predicted molar refractivity (Wildman–Crippen MR) is 287 cm³/mol. The summed E-state index contributed by atoms with van der Waals surface area (Å²) < 4.78 is 0. The quantitative estimate of drug-likeness (QED) is 0.101. The van der Waals surface area contributed by atoms with Gasteiger partial charge in [-0.25, -0.2) is 0 Å². The highest BCUT2D eigenvalue weighted by atomic mass is 15.1. The molecule has 0 aliphatic heterocycles. The fourth-order valence-corrected chi connectivity index (χ4v) is 9.90. The maximum Gasteiger partial charge on any atom is 0.0546 e. The van der Waals surface area contributed by atoms with Gasteiger partial charge in [0, 0.05) is 44.3 Å². The molecule has 2 nitrogen and oxygen atoms in total. The average Bonchev–Trinajstić information content (AvgIpc) is 3.35. The van der Waals surface area contributed by atoms with Crippen LogP contribution in [0.5, 0.6) is 0 Å². The highest BCUT2D eigenvalue weighted by Crippen LogP contribution is 2.52. The smallest absolute Gasteiger partial charge is 0.0546 e. The average molecular weight is 857 g/mol. The summed E-state index contributed by atoms with van der Waals surface area (Å²) in [7, 11) is 0. The Morgan fingerprint density at radius 3 is 0.894 bits per heavy atom. The molecule has 66 heavy (non-hydrogen) atoms. The maximum atomic E-state index is 2.48. The third-order valence-corrected chi connectivity index (χ3v) is 13.7. The predicted octanol–water partition coefficient (Wildman–Crippen LogP) is 18.8. The van der Waals surface area contributed by atoms with Crippen LogP contribution in [-0.2, 0) is 12.8 Å². The zero-order valence-electron chi connectivity index (χ0n) is 39.5. The summed E-state index contributed by atoms with van der Waals surface area (Å²) in [5, 5.41) is 7.54. The Hall–Kier alpha value is -7.16. The minimum Gasteiger partial charge on any atom is -0.310 e. The molecule has 0 N–H and O–H groups in total. The molecule has 2 heteroatoms. The van der Waals surface area contributed by atoms with Gasteiger partial charge in [-0.15, -0.1) is 0 Å². The Bertz CT molecular complexity index is 2940. The topological polar surface area (TPSA) is 6.48 Å². The Morgan fingerprint density at radius 2 is 0.606 bits per heavy atom. The van der Waals surface area contributed by atoms with Crippen molar-refractivity contribution in [1.29, 1.82) is 0 Å². The van der Waals surface area contributed by atoms with E-state index in [2.05, 4.69) is 233 Å². The molecule has 0 saturated heterocycles. The van der Waals surface area contributed by atoms with Crippen molar-refractivity contribution in [3.05, 3.63) is 215 Å². The van der Waals surface area contributed by atoms with Crippen molar-refractivity contribution in [1.82, 2.24) is 0 Å². The molecule has 0 atom stereocenters. The van der Waals surface area contributed by atoms with Crippen LogP contribution >= 0.6 is 0 Å². The van der Waals surface area contributed by atoms with Crippen LogP contribution in [0.15, 0.2) is 182 Å². The van der Waals surface area contributed by atoms with Crippen molar-refractivity contribution >= 4 is 66.4 Å². The van der Waals surface area contributed by atoms with Gasteiger partial charge in [-0.05, 0) is 158 Å². The zero-order chi connectivity index (χ0) is 45.3. The number of hydrogen-bond donors (Lipinski definition) is 0. The second-order valence-electron chi connectivity index (χ2n) is 18.6. The number of benzene rings is 10. The lowest BCUT2D eigenvalue weighted by Crippen LogP contribution is -2.12. The maximum absolute atomic E-state index is 2.48. The van der Waals surface area contributed by atoms with E-state index in [0.717, 1.165) is 47.0 Å². The summed E-state index contributed by atoms with van der Waals surface area (Å²) in [6.45, 7) is 13.2. The van der Waals surface area contributed by atoms with E-state index >= 15 is 0 Å². The van der Waals surface area contributed by atoms with Crippen LogP contribution in [-0.4, -0.2) is 0 Å². The molecule has 0 amide bonds. The molecule has 326 valence electrons. The van der Waals surface area contributed by atoms with Gasteiger partial charge >= 0.3 is 0 Å². The minimum atomic E-state index is 1.10. The fourth-order valence-electron chi connectivity index (χ4n) is 9.90. The molecule has 0 fully saturated rings. The summed E-state index contributed by atoms with van der Waals surface area (Å²) in [4.78, 5) is 4.96. The van der Waals surface area contributed by atoms with Crippen LogP contribution in [0.25, 0.3) is 54.6 Å². The monoisotopic (exact) mass is 856 g/mol. The summed E-state index contributed by atoms with van der Waals surface area (Å²) in [5.41, 5.74) is 19.5. The summed E-state index contributed by atoms with van der Waals surface area (Å²) in [6.07, 6.45) is 6.95. The number of hydrogen-bond acceptors (Lipinski definition) is 2. The fraction of sp³-hybridized carbons (Fsp3) is 0.188. The molecular formula is C64H60N2. The summed E-state index contributed by atoms with van der Waals surface area (Å²) in [5.74, 6) is 0. The van der Waals surface area contributed by atoms with Crippen LogP contribution in [0, 0.1) is 27.7 Å². The minimum absolute atomic E-state index is 1.10. The standard InChI is InChI=1S/C64H60N2/c1-7-9-11-47-21-25-49(26-22-47)59-41-61(65(51-29-13-43(3)14-30-51)52-31-15-44(4)16-32-52)57-40-38-56-60(50-27-23-48(24-28-50)12-10-8-2)42-62(58-39-37-55(59)63(57)64(56)58)66(53-33-17-45(5)18-34-53)54-35-19-46(6)20-36-54/h13-42H,7-12H2,1-6H3. The Kier molecular flexibility index (Phi) is 11.9. The van der Waals surface area contributed by atoms with Crippen molar-refractivity contribution < 1.29 is 0 Å². The van der Waals surface area contributed by atoms with Gasteiger partial charge in [0.1, 0.15) is 0 Å². The second kappa shape index (κ2) is 18.4. The van der Waals surface area contributed by atoms with Crippen LogP contribution in [0.3, 0.4) is 0 Å². The number of anilines is 6. The molecule has 10 aromatic rings. The van der Waals surface area contributed by atoms with Gasteiger partial charge in [0.25, 0.3) is 0 Å². The first kappa shape index (κ1) is 42.8. The van der Waals surface area contributed by atoms with Gasteiger partial charge in [0.2, 0.25) is 0 Å². The van der Waals surface area contributed by atoms with Crippen molar-refractivity contribution in [2.75, 3.05) is 9.80 Å². The SMILES string of the molecule is CCCCc1ccc(-c2cc(N(c3ccc(C)cc3)c3ccc(C)cc3)c3ccc4c(-c5ccc(CCCC)cc5)cc(N(c5ccc(C)cc5)c5ccc(C)cc5)c5ccc2c3c45)cc1. The lowest BCUT2D eigenvalue weighted by molar-refractivity contribution is 0.795. The first-order valence-corrected chi connectivity index (χ1v) is 24.1. The molecule has 0 unspecified atom stereocenters. The van der Waals surface area contributed by atoms with Crippen LogP contribution < -0.4 is 9.80 Å². The van der Waals surface area contributed by atoms with Gasteiger partial charge in [-0.3, -0.25) is 0 Å². The van der Waals surface area contributed by atoms with Crippen molar-refractivity contribution in [2.24, 2.45) is 0 Å². The molecule has 0 saturated carbocycles. The summed E-state index contributed by atoms with van der Waals surface area (Å²) in [6, 6.07) is 69.5. The van der Waals surface area contributed by atoms with E-state index in [0.29, 0.717) is 0 Å². The van der Waals surface area contributed by atoms with E-state index in [4.69, 9.17) is 0 Å². The van der Waals surface area contributed by atoms with Gasteiger partial charge in [-0.2, -0.15) is 0 Å². The normalized spacial score (nSPS) is 11.5. The van der Waals surface area contributed by atoms with Crippen molar-refractivity contribution in [3.8, 4) is 22.3 Å². The van der Waals surface area contributed by atoms with Crippen molar-refractivity contribution in [3.63, 3.8) is 0 Å². The number of nitrogens with zero attached hydrogens (tertiary/aromatic N) is 2. The first-order chi connectivity index (χ1) is 32.3. The van der Waals surface area contributed by atoms with E-state index < -0.39 is 0 Å².